The Morgan fingerprint density at radius 2 is 1.68 bits per heavy atom. The Hall–Kier alpha value is -3.31. The summed E-state index contributed by atoms with van der Waals surface area (Å²) in [6.07, 6.45) is 12.4. The Morgan fingerprint density at radius 3 is 2.24 bits per heavy atom. The molecule has 1 fully saturated rings. The third-order valence-corrected chi connectivity index (χ3v) is 9.01. The number of nitrogens with zero attached hydrogens (tertiary/aromatic N) is 4. The van der Waals surface area contributed by atoms with Crippen LogP contribution < -0.4 is 5.32 Å². The van der Waals surface area contributed by atoms with E-state index < -0.39 is 0 Å². The van der Waals surface area contributed by atoms with Gasteiger partial charge >= 0.3 is 0 Å². The van der Waals surface area contributed by atoms with E-state index in [0.717, 1.165) is 50.5 Å². The van der Waals surface area contributed by atoms with Crippen molar-refractivity contribution in [2.75, 3.05) is 13.2 Å². The number of H-pyrrole nitrogens is 2. The molecule has 4 N–H and O–H groups in total. The zero-order valence-corrected chi connectivity index (χ0v) is 24.6. The van der Waals surface area contributed by atoms with E-state index in [1.165, 1.54) is 28.8 Å². The first-order valence-electron chi connectivity index (χ1n) is 14.5. The van der Waals surface area contributed by atoms with Gasteiger partial charge in [0.25, 0.3) is 5.91 Å². The average Bonchev–Trinajstić information content (AvgIpc) is 3.79. The molecular weight excluding hydrogens is 534 g/mol. The fraction of sp³-hybridized carbons (Fsp3) is 0.452. The second kappa shape index (κ2) is 14.5. The van der Waals surface area contributed by atoms with Crippen molar-refractivity contribution in [3.8, 4) is 0 Å². The van der Waals surface area contributed by atoms with Gasteiger partial charge in [0, 0.05) is 73.6 Å². The van der Waals surface area contributed by atoms with Crippen molar-refractivity contribution in [3.05, 3.63) is 93.7 Å². The van der Waals surface area contributed by atoms with Crippen LogP contribution in [0.4, 0.5) is 0 Å². The number of carbonyl (C=O) groups is 1. The number of aliphatic hydroxyl groups excluding tert-OH is 1. The highest BCUT2D eigenvalue weighted by Crippen LogP contribution is 2.27. The van der Waals surface area contributed by atoms with E-state index in [1.54, 1.807) is 29.7 Å². The normalized spacial score (nSPS) is 17.2. The van der Waals surface area contributed by atoms with Crippen LogP contribution in [0.1, 0.15) is 70.1 Å². The van der Waals surface area contributed by atoms with Crippen LogP contribution in [0, 0.1) is 6.92 Å². The summed E-state index contributed by atoms with van der Waals surface area (Å²) in [6, 6.07) is 11.2. The zero-order chi connectivity index (χ0) is 28.4. The van der Waals surface area contributed by atoms with Crippen molar-refractivity contribution < 1.29 is 9.90 Å². The van der Waals surface area contributed by atoms with Crippen molar-refractivity contribution in [2.45, 2.75) is 77.3 Å². The molecule has 9 nitrogen and oxygen atoms in total. The second-order valence-electron chi connectivity index (χ2n) is 10.9. The van der Waals surface area contributed by atoms with E-state index in [2.05, 4.69) is 48.5 Å². The van der Waals surface area contributed by atoms with Crippen LogP contribution in [0.15, 0.2) is 60.5 Å². The van der Waals surface area contributed by atoms with Gasteiger partial charge in [-0.25, -0.2) is 9.97 Å². The Labute approximate surface area is 246 Å². The number of aliphatic hydroxyl groups is 1. The number of rotatable bonds is 14. The Bertz CT molecular complexity index is 1280. The SMILES string of the molecule is Cc1ccsc1CN(CCCO)C1CCC(NCc2ccc(C(=O)N(Cc3ncc[nH]3)Cc3ncc[nH]3)cc2)CC1. The quantitative estimate of drug-likeness (QED) is 0.174. The molecule has 0 radical (unpaired) electrons. The summed E-state index contributed by atoms with van der Waals surface area (Å²) >= 11 is 1.84. The number of aryl methyl sites for hydroxylation is 1. The van der Waals surface area contributed by atoms with Gasteiger partial charge < -0.3 is 25.3 Å². The van der Waals surface area contributed by atoms with Crippen LogP contribution in [-0.2, 0) is 26.2 Å². The minimum atomic E-state index is -0.0564. The lowest BCUT2D eigenvalue weighted by Gasteiger charge is -2.37. The van der Waals surface area contributed by atoms with Gasteiger partial charge in [-0.2, -0.15) is 0 Å². The largest absolute Gasteiger partial charge is 0.396 e. The van der Waals surface area contributed by atoms with Crippen LogP contribution in [0.5, 0.6) is 0 Å². The number of thiophene rings is 1. The number of amides is 1. The van der Waals surface area contributed by atoms with Crippen molar-refractivity contribution in [1.82, 2.24) is 35.1 Å². The summed E-state index contributed by atoms with van der Waals surface area (Å²) in [6.45, 7) is 5.91. The van der Waals surface area contributed by atoms with Crippen molar-refractivity contribution in [1.29, 1.82) is 0 Å². The minimum absolute atomic E-state index is 0.0564. The fourth-order valence-corrected chi connectivity index (χ4v) is 6.53. The Balaban J connectivity index is 1.12. The van der Waals surface area contributed by atoms with Gasteiger partial charge in [0.1, 0.15) is 11.6 Å². The number of aromatic amines is 2. The molecule has 10 heteroatoms. The standard InChI is InChI=1S/C31H41N7O2S/c1-23-11-18-41-28(23)20-37(16-2-17-39)27-9-7-26(8-10-27)36-19-24-3-5-25(6-4-24)31(40)38(21-29-32-12-13-33-29)22-30-34-14-15-35-30/h3-6,11-15,18,26-27,36,39H,2,7-10,16-17,19-22H2,1H3,(H,32,33)(H,34,35). The maximum atomic E-state index is 13.4. The maximum absolute atomic E-state index is 13.4. The minimum Gasteiger partial charge on any atom is -0.396 e. The molecule has 1 saturated carbocycles. The smallest absolute Gasteiger partial charge is 0.254 e. The number of benzene rings is 1. The van der Waals surface area contributed by atoms with Crippen LogP contribution >= 0.6 is 11.3 Å². The van der Waals surface area contributed by atoms with Gasteiger partial charge in [0.05, 0.1) is 13.1 Å². The molecule has 1 aliphatic rings. The molecule has 3 heterocycles. The second-order valence-corrected chi connectivity index (χ2v) is 11.9. The highest BCUT2D eigenvalue weighted by Gasteiger charge is 2.26. The number of nitrogens with one attached hydrogen (secondary N) is 3. The van der Waals surface area contributed by atoms with E-state index >= 15 is 0 Å². The lowest BCUT2D eigenvalue weighted by atomic mass is 9.89. The molecule has 41 heavy (non-hydrogen) atoms. The molecule has 0 aliphatic heterocycles. The van der Waals surface area contributed by atoms with Crippen molar-refractivity contribution in [3.63, 3.8) is 0 Å². The molecule has 3 aromatic heterocycles. The van der Waals surface area contributed by atoms with Gasteiger partial charge in [0.2, 0.25) is 0 Å². The first kappa shape index (κ1) is 29.2. The lowest BCUT2D eigenvalue weighted by molar-refractivity contribution is 0.0721. The van der Waals surface area contributed by atoms with E-state index in [4.69, 9.17) is 0 Å². The lowest BCUT2D eigenvalue weighted by Crippen LogP contribution is -2.42. The number of imidazole rings is 2. The molecule has 0 spiro atoms. The fourth-order valence-electron chi connectivity index (χ4n) is 5.60. The van der Waals surface area contributed by atoms with E-state index in [1.807, 2.05) is 35.6 Å². The topological polar surface area (TPSA) is 113 Å². The molecule has 5 rings (SSSR count). The molecule has 4 aromatic rings. The molecule has 0 saturated heterocycles. The van der Waals surface area contributed by atoms with Gasteiger partial charge in [0.15, 0.2) is 0 Å². The molecule has 1 aliphatic carbocycles. The number of aromatic nitrogens is 4. The third kappa shape index (κ3) is 8.13. The summed E-state index contributed by atoms with van der Waals surface area (Å²) in [7, 11) is 0. The van der Waals surface area contributed by atoms with Gasteiger partial charge in [-0.3, -0.25) is 9.69 Å². The predicted octanol–water partition coefficient (Wildman–Crippen LogP) is 4.63. The first-order valence-corrected chi connectivity index (χ1v) is 15.4. The summed E-state index contributed by atoms with van der Waals surface area (Å²) in [5.74, 6) is 1.41. The van der Waals surface area contributed by atoms with Crippen LogP contribution in [0.2, 0.25) is 0 Å². The highest BCUT2D eigenvalue weighted by molar-refractivity contribution is 7.10. The number of hydrogen-bond donors (Lipinski definition) is 4. The summed E-state index contributed by atoms with van der Waals surface area (Å²) in [5, 5.41) is 15.4. The van der Waals surface area contributed by atoms with Crippen LogP contribution in [0.25, 0.3) is 0 Å². The number of hydrogen-bond acceptors (Lipinski definition) is 7. The predicted molar refractivity (Wildman–Crippen MR) is 161 cm³/mol. The van der Waals surface area contributed by atoms with E-state index in [0.29, 0.717) is 30.7 Å². The summed E-state index contributed by atoms with van der Waals surface area (Å²) in [5.41, 5.74) is 3.19. The highest BCUT2D eigenvalue weighted by atomic mass is 32.1. The average molecular weight is 576 g/mol. The van der Waals surface area contributed by atoms with Crippen molar-refractivity contribution in [2.24, 2.45) is 0 Å². The molecule has 0 bridgehead atoms. The molecule has 0 atom stereocenters. The van der Waals surface area contributed by atoms with E-state index in [-0.39, 0.29) is 12.5 Å². The zero-order valence-electron chi connectivity index (χ0n) is 23.8. The number of carbonyl (C=O) groups excluding carboxylic acids is 1. The Morgan fingerprint density at radius 1 is 1.00 bits per heavy atom. The van der Waals surface area contributed by atoms with Gasteiger partial charge in [-0.15, -0.1) is 11.3 Å². The van der Waals surface area contributed by atoms with Crippen LogP contribution in [0.3, 0.4) is 0 Å². The molecule has 218 valence electrons. The first-order chi connectivity index (χ1) is 20.1. The van der Waals surface area contributed by atoms with Crippen molar-refractivity contribution >= 4 is 17.2 Å². The van der Waals surface area contributed by atoms with Crippen LogP contribution in [-0.4, -0.2) is 66.0 Å². The van der Waals surface area contributed by atoms with E-state index in [9.17, 15) is 9.90 Å². The summed E-state index contributed by atoms with van der Waals surface area (Å²) < 4.78 is 0. The monoisotopic (exact) mass is 575 g/mol. The van der Waals surface area contributed by atoms with Gasteiger partial charge in [-0.05, 0) is 73.7 Å². The molecule has 1 amide bonds. The molecule has 0 unspecified atom stereocenters. The molecule has 1 aromatic carbocycles. The third-order valence-electron chi connectivity index (χ3n) is 8.01. The molecular formula is C31H41N7O2S. The summed E-state index contributed by atoms with van der Waals surface area (Å²) in [4.78, 5) is 33.9. The van der Waals surface area contributed by atoms with Gasteiger partial charge in [-0.1, -0.05) is 12.1 Å². The Kier molecular flexibility index (Phi) is 10.4. The maximum Gasteiger partial charge on any atom is 0.254 e.